The van der Waals surface area contributed by atoms with Crippen molar-refractivity contribution in [2.45, 2.75) is 0 Å². The smallest absolute Gasteiger partial charge is 0.411 e. The quantitative estimate of drug-likeness (QED) is 0.482. The van der Waals surface area contributed by atoms with Crippen LogP contribution in [0, 0.1) is 0 Å². The average Bonchev–Trinajstić information content (AvgIpc) is 2.65. The van der Waals surface area contributed by atoms with E-state index in [9.17, 15) is 9.59 Å². The summed E-state index contributed by atoms with van der Waals surface area (Å²) in [6, 6.07) is 18.0. The number of carbonyl (C=O) groups excluding carboxylic acids is 2. The Kier molecular flexibility index (Phi) is 8.42. The fourth-order valence-electron chi connectivity index (χ4n) is 1.77. The van der Waals surface area contributed by atoms with Gasteiger partial charge in [0.25, 0.3) is 0 Å². The molecule has 0 atom stereocenters. The Balaban J connectivity index is 1.74. The summed E-state index contributed by atoms with van der Waals surface area (Å²) in [4.78, 5) is 23.5. The van der Waals surface area contributed by atoms with E-state index in [2.05, 4.69) is 26.6 Å². The number of benzene rings is 2. The van der Waals surface area contributed by atoms with Crippen molar-refractivity contribution in [2.75, 3.05) is 23.8 Å². The van der Waals surface area contributed by atoms with Crippen molar-refractivity contribution in [3.63, 3.8) is 0 Å². The number of hydrogen-bond donors (Lipinski definition) is 2. The number of hydrogen-bond acceptors (Lipinski definition) is 4. The molecular formula is C18H16BrIN2O4. The van der Waals surface area contributed by atoms with E-state index in [1.54, 1.807) is 24.3 Å². The van der Waals surface area contributed by atoms with Crippen LogP contribution in [0.1, 0.15) is 0 Å². The number of rotatable bonds is 6. The van der Waals surface area contributed by atoms with Crippen molar-refractivity contribution in [1.82, 2.24) is 0 Å². The van der Waals surface area contributed by atoms with Crippen LogP contribution in [-0.2, 0) is 9.47 Å². The standard InChI is InChI=1S/C18H16BrIN2O4/c19-15(11-25-17(23)21-13-7-3-1-4-8-13)16(20)12-26-18(24)22-14-9-5-2-6-10-14/h1-10H,11-12H2,(H,21,23)(H,22,24)/b16-15+. The molecule has 0 radical (unpaired) electrons. The second kappa shape index (κ2) is 10.8. The summed E-state index contributed by atoms with van der Waals surface area (Å²) in [6.45, 7) is 0.0874. The van der Waals surface area contributed by atoms with Crippen LogP contribution < -0.4 is 10.6 Å². The Hall–Kier alpha value is -2.07. The first-order chi connectivity index (χ1) is 12.5. The average molecular weight is 531 g/mol. The van der Waals surface area contributed by atoms with Crippen LogP contribution in [0.4, 0.5) is 21.0 Å². The maximum absolute atomic E-state index is 11.7. The highest BCUT2D eigenvalue weighted by atomic mass is 127. The Morgan fingerprint density at radius 1 is 0.808 bits per heavy atom. The van der Waals surface area contributed by atoms with Gasteiger partial charge in [-0.2, -0.15) is 0 Å². The molecule has 0 bridgehead atoms. The van der Waals surface area contributed by atoms with Gasteiger partial charge >= 0.3 is 12.2 Å². The van der Waals surface area contributed by atoms with Crippen molar-refractivity contribution >= 4 is 62.1 Å². The van der Waals surface area contributed by atoms with Crippen molar-refractivity contribution in [3.05, 3.63) is 68.7 Å². The number of anilines is 2. The van der Waals surface area contributed by atoms with Crippen LogP contribution in [0.25, 0.3) is 0 Å². The highest BCUT2D eigenvalue weighted by Crippen LogP contribution is 2.20. The van der Waals surface area contributed by atoms with E-state index in [1.165, 1.54) is 0 Å². The van der Waals surface area contributed by atoms with Crippen LogP contribution in [0.3, 0.4) is 0 Å². The Morgan fingerprint density at radius 2 is 1.23 bits per heavy atom. The summed E-state index contributed by atoms with van der Waals surface area (Å²) in [5.41, 5.74) is 1.30. The Labute approximate surface area is 173 Å². The van der Waals surface area contributed by atoms with Gasteiger partial charge < -0.3 is 9.47 Å². The lowest BCUT2D eigenvalue weighted by Crippen LogP contribution is -2.16. The number of carbonyl (C=O) groups is 2. The molecule has 0 saturated carbocycles. The van der Waals surface area contributed by atoms with Gasteiger partial charge in [0.15, 0.2) is 0 Å². The fourth-order valence-corrected chi connectivity index (χ4v) is 2.31. The number of halogens is 2. The van der Waals surface area contributed by atoms with Gasteiger partial charge in [-0.1, -0.05) is 52.3 Å². The molecule has 2 aromatic rings. The van der Waals surface area contributed by atoms with Crippen LogP contribution in [0.2, 0.25) is 0 Å². The summed E-state index contributed by atoms with van der Waals surface area (Å²) in [7, 11) is 0. The molecule has 0 aliphatic heterocycles. The largest absolute Gasteiger partial charge is 0.444 e. The minimum Gasteiger partial charge on any atom is -0.444 e. The summed E-state index contributed by atoms with van der Waals surface area (Å²) >= 11 is 5.35. The zero-order chi connectivity index (χ0) is 18.8. The van der Waals surface area contributed by atoms with Crippen molar-refractivity contribution in [2.24, 2.45) is 0 Å². The minimum absolute atomic E-state index is 0.0284. The molecule has 0 unspecified atom stereocenters. The highest BCUT2D eigenvalue weighted by Gasteiger charge is 2.09. The molecule has 0 spiro atoms. The molecule has 0 fully saturated rings. The second-order valence-corrected chi connectivity index (χ2v) is 7.20. The third-order valence-corrected chi connectivity index (χ3v) is 5.41. The van der Waals surface area contributed by atoms with Gasteiger partial charge in [0.1, 0.15) is 13.2 Å². The molecular weight excluding hydrogens is 515 g/mol. The molecule has 2 amide bonds. The summed E-state index contributed by atoms with van der Waals surface area (Å²) in [5, 5.41) is 5.23. The predicted octanol–water partition coefficient (Wildman–Crippen LogP) is 5.53. The molecule has 0 heterocycles. The SMILES string of the molecule is O=C(Nc1ccccc1)OC/C(Br)=C(\I)COC(=O)Nc1ccccc1. The zero-order valence-corrected chi connectivity index (χ0v) is 17.3. The molecule has 8 heteroatoms. The molecule has 0 aromatic heterocycles. The fraction of sp³-hybridized carbons (Fsp3) is 0.111. The van der Waals surface area contributed by atoms with Gasteiger partial charge in [0.2, 0.25) is 0 Å². The number of para-hydroxylation sites is 2. The van der Waals surface area contributed by atoms with E-state index in [-0.39, 0.29) is 13.2 Å². The molecule has 26 heavy (non-hydrogen) atoms. The number of amides is 2. The van der Waals surface area contributed by atoms with Gasteiger partial charge in [-0.15, -0.1) is 0 Å². The topological polar surface area (TPSA) is 76.7 Å². The van der Waals surface area contributed by atoms with Crippen molar-refractivity contribution < 1.29 is 19.1 Å². The molecule has 2 N–H and O–H groups in total. The van der Waals surface area contributed by atoms with Crippen LogP contribution in [-0.4, -0.2) is 25.4 Å². The Morgan fingerprint density at radius 3 is 1.69 bits per heavy atom. The summed E-state index contributed by atoms with van der Waals surface area (Å²) < 4.78 is 11.6. The predicted molar refractivity (Wildman–Crippen MR) is 113 cm³/mol. The summed E-state index contributed by atoms with van der Waals surface area (Å²) in [5.74, 6) is 0. The lowest BCUT2D eigenvalue weighted by atomic mass is 10.3. The summed E-state index contributed by atoms with van der Waals surface area (Å²) in [6.07, 6.45) is -1.13. The lowest BCUT2D eigenvalue weighted by molar-refractivity contribution is 0.169. The molecule has 2 aromatic carbocycles. The molecule has 0 aliphatic carbocycles. The molecule has 136 valence electrons. The van der Waals surface area contributed by atoms with Crippen LogP contribution >= 0.6 is 38.5 Å². The van der Waals surface area contributed by atoms with Crippen LogP contribution in [0.15, 0.2) is 68.7 Å². The zero-order valence-electron chi connectivity index (χ0n) is 13.6. The van der Waals surface area contributed by atoms with Gasteiger partial charge in [-0.25, -0.2) is 9.59 Å². The van der Waals surface area contributed by atoms with E-state index in [0.717, 1.165) is 0 Å². The maximum atomic E-state index is 11.7. The highest BCUT2D eigenvalue weighted by molar-refractivity contribution is 14.1. The minimum atomic E-state index is -0.569. The van der Waals surface area contributed by atoms with Gasteiger partial charge in [0, 0.05) is 19.4 Å². The normalized spacial score (nSPS) is 11.2. The van der Waals surface area contributed by atoms with E-state index in [4.69, 9.17) is 9.47 Å². The van der Waals surface area contributed by atoms with E-state index in [0.29, 0.717) is 19.4 Å². The third kappa shape index (κ3) is 7.44. The van der Waals surface area contributed by atoms with Gasteiger partial charge in [-0.05, 0) is 46.9 Å². The van der Waals surface area contributed by atoms with Crippen molar-refractivity contribution in [3.8, 4) is 0 Å². The monoisotopic (exact) mass is 530 g/mol. The van der Waals surface area contributed by atoms with Gasteiger partial charge in [0.05, 0.1) is 0 Å². The van der Waals surface area contributed by atoms with Gasteiger partial charge in [-0.3, -0.25) is 10.6 Å². The maximum Gasteiger partial charge on any atom is 0.411 e. The number of ether oxygens (including phenoxy) is 2. The molecule has 6 nitrogen and oxygen atoms in total. The molecule has 2 rings (SSSR count). The van der Waals surface area contributed by atoms with Crippen molar-refractivity contribution in [1.29, 1.82) is 0 Å². The first kappa shape index (κ1) is 20.2. The van der Waals surface area contributed by atoms with E-state index < -0.39 is 12.2 Å². The third-order valence-electron chi connectivity index (χ3n) is 2.99. The van der Waals surface area contributed by atoms with E-state index >= 15 is 0 Å². The molecule has 0 aliphatic rings. The first-order valence-electron chi connectivity index (χ1n) is 7.55. The number of nitrogens with one attached hydrogen (secondary N) is 2. The Bertz CT molecular complexity index is 704. The second-order valence-electron chi connectivity index (χ2n) is 4.94. The lowest BCUT2D eigenvalue weighted by Gasteiger charge is -2.09. The first-order valence-corrected chi connectivity index (χ1v) is 9.42. The van der Waals surface area contributed by atoms with E-state index in [1.807, 2.05) is 59.0 Å². The van der Waals surface area contributed by atoms with Crippen LogP contribution in [0.5, 0.6) is 0 Å². The molecule has 0 saturated heterocycles.